The van der Waals surface area contributed by atoms with Crippen LogP contribution in [0.3, 0.4) is 0 Å². The standard InChI is InChI=1S/C17H18F3N7/c18-17(19,20)14-4-2-13(3-5-14)12-25-8-1-9-26(11-10-25)16-7-6-15-21-23-24-27(15)22-16/h2-7H,1,8-12H2. The molecular weight excluding hydrogens is 359 g/mol. The Balaban J connectivity index is 1.39. The smallest absolute Gasteiger partial charge is 0.354 e. The molecule has 10 heteroatoms. The Kier molecular flexibility index (Phi) is 4.65. The highest BCUT2D eigenvalue weighted by Crippen LogP contribution is 2.29. The summed E-state index contributed by atoms with van der Waals surface area (Å²) in [5.41, 5.74) is 0.861. The van der Waals surface area contributed by atoms with Crippen molar-refractivity contribution in [1.29, 1.82) is 0 Å². The van der Waals surface area contributed by atoms with E-state index >= 15 is 0 Å². The van der Waals surface area contributed by atoms with Crippen molar-refractivity contribution in [3.05, 3.63) is 47.5 Å². The van der Waals surface area contributed by atoms with Gasteiger partial charge >= 0.3 is 6.18 Å². The third kappa shape index (κ3) is 4.00. The van der Waals surface area contributed by atoms with Crippen LogP contribution in [0.1, 0.15) is 17.5 Å². The molecule has 0 unspecified atom stereocenters. The van der Waals surface area contributed by atoms with Crippen LogP contribution >= 0.6 is 0 Å². The lowest BCUT2D eigenvalue weighted by atomic mass is 10.1. The average Bonchev–Trinajstić information content (AvgIpc) is 2.99. The lowest BCUT2D eigenvalue weighted by Gasteiger charge is -2.22. The van der Waals surface area contributed by atoms with Gasteiger partial charge in [0, 0.05) is 32.7 Å². The highest BCUT2D eigenvalue weighted by molar-refractivity contribution is 5.44. The second-order valence-corrected chi connectivity index (χ2v) is 6.53. The molecule has 0 bridgehead atoms. The van der Waals surface area contributed by atoms with E-state index in [1.165, 1.54) is 4.63 Å². The van der Waals surface area contributed by atoms with Gasteiger partial charge in [-0.05, 0) is 46.7 Å². The van der Waals surface area contributed by atoms with Crippen molar-refractivity contribution in [2.45, 2.75) is 19.1 Å². The molecule has 0 amide bonds. The number of hydrogen-bond acceptors (Lipinski definition) is 6. The maximum atomic E-state index is 12.7. The van der Waals surface area contributed by atoms with E-state index in [0.29, 0.717) is 12.2 Å². The zero-order chi connectivity index (χ0) is 18.9. The Morgan fingerprint density at radius 3 is 2.52 bits per heavy atom. The third-order valence-electron chi connectivity index (χ3n) is 4.66. The molecule has 3 aromatic rings. The van der Waals surface area contributed by atoms with E-state index in [4.69, 9.17) is 0 Å². The van der Waals surface area contributed by atoms with Crippen molar-refractivity contribution < 1.29 is 13.2 Å². The van der Waals surface area contributed by atoms with Crippen LogP contribution in [0.5, 0.6) is 0 Å². The first-order chi connectivity index (χ1) is 13.0. The van der Waals surface area contributed by atoms with E-state index in [9.17, 15) is 13.2 Å². The summed E-state index contributed by atoms with van der Waals surface area (Å²) in [4.78, 5) is 4.42. The van der Waals surface area contributed by atoms with E-state index in [-0.39, 0.29) is 0 Å². The summed E-state index contributed by atoms with van der Waals surface area (Å²) in [5.74, 6) is 0.811. The summed E-state index contributed by atoms with van der Waals surface area (Å²) in [6, 6.07) is 9.12. The van der Waals surface area contributed by atoms with Crippen LogP contribution in [0.15, 0.2) is 36.4 Å². The van der Waals surface area contributed by atoms with Gasteiger partial charge in [-0.1, -0.05) is 12.1 Å². The fraction of sp³-hybridized carbons (Fsp3) is 0.412. The molecule has 0 N–H and O–H groups in total. The number of nitrogens with zero attached hydrogens (tertiary/aromatic N) is 7. The molecule has 1 saturated heterocycles. The van der Waals surface area contributed by atoms with E-state index in [2.05, 4.69) is 30.4 Å². The Morgan fingerprint density at radius 1 is 0.926 bits per heavy atom. The predicted octanol–water partition coefficient (Wildman–Crippen LogP) is 2.25. The quantitative estimate of drug-likeness (QED) is 0.698. The van der Waals surface area contributed by atoms with Crippen LogP contribution in [0.2, 0.25) is 0 Å². The highest BCUT2D eigenvalue weighted by Gasteiger charge is 2.30. The molecule has 0 spiro atoms. The molecule has 142 valence electrons. The summed E-state index contributed by atoms with van der Waals surface area (Å²) in [5, 5.41) is 15.7. The van der Waals surface area contributed by atoms with Gasteiger partial charge in [0.2, 0.25) is 0 Å². The molecule has 1 aliphatic rings. The monoisotopic (exact) mass is 377 g/mol. The van der Waals surface area contributed by atoms with Gasteiger partial charge in [-0.3, -0.25) is 4.90 Å². The highest BCUT2D eigenvalue weighted by atomic mass is 19.4. The minimum absolute atomic E-state index is 0.595. The van der Waals surface area contributed by atoms with E-state index in [1.807, 2.05) is 12.1 Å². The van der Waals surface area contributed by atoms with Gasteiger partial charge in [-0.25, -0.2) is 0 Å². The summed E-state index contributed by atoms with van der Waals surface area (Å²) < 4.78 is 39.4. The SMILES string of the molecule is FC(F)(F)c1ccc(CN2CCCN(c3ccc4nnnn4n3)CC2)cc1. The lowest BCUT2D eigenvalue weighted by molar-refractivity contribution is -0.137. The minimum Gasteiger partial charge on any atom is -0.354 e. The van der Waals surface area contributed by atoms with Crippen LogP contribution in [0, 0.1) is 0 Å². The van der Waals surface area contributed by atoms with Crippen LogP contribution in [0.4, 0.5) is 19.0 Å². The first-order valence-corrected chi connectivity index (χ1v) is 8.68. The Morgan fingerprint density at radius 2 is 1.74 bits per heavy atom. The maximum Gasteiger partial charge on any atom is 0.416 e. The van der Waals surface area contributed by atoms with Gasteiger partial charge in [-0.2, -0.15) is 13.2 Å². The zero-order valence-corrected chi connectivity index (χ0v) is 14.5. The van der Waals surface area contributed by atoms with E-state index in [1.54, 1.807) is 12.1 Å². The number of anilines is 1. The van der Waals surface area contributed by atoms with Crippen LogP contribution in [-0.4, -0.2) is 56.3 Å². The lowest BCUT2D eigenvalue weighted by Crippen LogP contribution is -2.31. The van der Waals surface area contributed by atoms with E-state index < -0.39 is 11.7 Å². The van der Waals surface area contributed by atoms with E-state index in [0.717, 1.165) is 56.1 Å². The van der Waals surface area contributed by atoms with Gasteiger partial charge in [0.15, 0.2) is 11.5 Å². The van der Waals surface area contributed by atoms with Crippen molar-refractivity contribution in [3.8, 4) is 0 Å². The third-order valence-corrected chi connectivity index (χ3v) is 4.66. The molecule has 27 heavy (non-hydrogen) atoms. The molecule has 4 rings (SSSR count). The first kappa shape index (κ1) is 17.7. The number of fused-ring (bicyclic) bond motifs is 1. The molecular formula is C17H18F3N7. The van der Waals surface area contributed by atoms with Crippen LogP contribution < -0.4 is 4.90 Å². The molecule has 0 saturated carbocycles. The van der Waals surface area contributed by atoms with Gasteiger partial charge in [0.1, 0.15) is 0 Å². The Bertz CT molecular complexity index is 907. The predicted molar refractivity (Wildman–Crippen MR) is 92.1 cm³/mol. The molecule has 0 atom stereocenters. The van der Waals surface area contributed by atoms with Crippen LogP contribution in [0.25, 0.3) is 5.65 Å². The second-order valence-electron chi connectivity index (χ2n) is 6.53. The van der Waals surface area contributed by atoms with Crippen molar-refractivity contribution in [1.82, 2.24) is 30.2 Å². The number of tetrazole rings is 1. The molecule has 0 aliphatic carbocycles. The summed E-state index contributed by atoms with van der Waals surface area (Å²) in [7, 11) is 0. The van der Waals surface area contributed by atoms with Crippen molar-refractivity contribution in [3.63, 3.8) is 0 Å². The fourth-order valence-electron chi connectivity index (χ4n) is 3.22. The molecule has 1 fully saturated rings. The second kappa shape index (κ2) is 7.10. The Hall–Kier alpha value is -2.75. The number of benzene rings is 1. The molecule has 0 radical (unpaired) electrons. The number of alkyl halides is 3. The summed E-state index contributed by atoms with van der Waals surface area (Å²) in [6.45, 7) is 3.94. The Labute approximate surface area is 153 Å². The minimum atomic E-state index is -4.30. The number of hydrogen-bond donors (Lipinski definition) is 0. The van der Waals surface area contributed by atoms with Gasteiger partial charge in [0.25, 0.3) is 0 Å². The number of rotatable bonds is 3. The largest absolute Gasteiger partial charge is 0.416 e. The first-order valence-electron chi connectivity index (χ1n) is 8.68. The molecule has 3 heterocycles. The molecule has 1 aromatic carbocycles. The van der Waals surface area contributed by atoms with Crippen molar-refractivity contribution in [2.24, 2.45) is 0 Å². The number of halogens is 3. The van der Waals surface area contributed by atoms with Gasteiger partial charge in [-0.15, -0.1) is 14.8 Å². The van der Waals surface area contributed by atoms with Crippen LogP contribution in [-0.2, 0) is 12.7 Å². The molecule has 7 nitrogen and oxygen atoms in total. The number of aromatic nitrogens is 5. The normalized spacial score (nSPS) is 16.6. The average molecular weight is 377 g/mol. The topological polar surface area (TPSA) is 62.5 Å². The maximum absolute atomic E-state index is 12.7. The summed E-state index contributed by atoms with van der Waals surface area (Å²) >= 11 is 0. The molecule has 2 aromatic heterocycles. The van der Waals surface area contributed by atoms with Crippen molar-refractivity contribution in [2.75, 3.05) is 31.1 Å². The van der Waals surface area contributed by atoms with Crippen molar-refractivity contribution >= 4 is 11.5 Å². The van der Waals surface area contributed by atoms with Gasteiger partial charge < -0.3 is 4.90 Å². The zero-order valence-electron chi connectivity index (χ0n) is 14.5. The summed E-state index contributed by atoms with van der Waals surface area (Å²) in [6.07, 6.45) is -3.36. The van der Waals surface area contributed by atoms with Gasteiger partial charge in [0.05, 0.1) is 5.56 Å². The molecule has 1 aliphatic heterocycles. The fourth-order valence-corrected chi connectivity index (χ4v) is 3.22.